The maximum Gasteiger partial charge on any atom is 0.125 e. The first-order valence-electron chi connectivity index (χ1n) is 5.36. The number of phenols is 2. The summed E-state index contributed by atoms with van der Waals surface area (Å²) < 4.78 is 5.60. The molecule has 0 fully saturated rings. The minimum Gasteiger partial charge on any atom is -0.508 e. The van der Waals surface area contributed by atoms with E-state index >= 15 is 0 Å². The largest absolute Gasteiger partial charge is 0.508 e. The predicted molar refractivity (Wildman–Crippen MR) is 65.3 cm³/mol. The van der Waals surface area contributed by atoms with E-state index in [1.165, 1.54) is 12.1 Å². The van der Waals surface area contributed by atoms with E-state index in [-0.39, 0.29) is 18.1 Å². The van der Waals surface area contributed by atoms with Gasteiger partial charge in [-0.25, -0.2) is 0 Å². The molecule has 0 heterocycles. The summed E-state index contributed by atoms with van der Waals surface area (Å²) in [6.07, 6.45) is 0. The van der Waals surface area contributed by atoms with Crippen LogP contribution in [0.15, 0.2) is 42.5 Å². The first kappa shape index (κ1) is 11.3. The minimum absolute atomic E-state index is 0.0404. The van der Waals surface area contributed by atoms with Crippen molar-refractivity contribution in [1.29, 1.82) is 0 Å². The van der Waals surface area contributed by atoms with Gasteiger partial charge in [0.05, 0.1) is 0 Å². The summed E-state index contributed by atoms with van der Waals surface area (Å²) >= 11 is 0. The molecule has 0 unspecified atom stereocenters. The molecule has 17 heavy (non-hydrogen) atoms. The molecule has 0 aromatic heterocycles. The summed E-state index contributed by atoms with van der Waals surface area (Å²) in [6.45, 7) is 2.24. The van der Waals surface area contributed by atoms with Crippen molar-refractivity contribution in [2.45, 2.75) is 13.5 Å². The van der Waals surface area contributed by atoms with Crippen LogP contribution in [0, 0.1) is 6.92 Å². The van der Waals surface area contributed by atoms with E-state index in [0.29, 0.717) is 5.56 Å². The van der Waals surface area contributed by atoms with Crippen molar-refractivity contribution >= 4 is 0 Å². The third-order valence-electron chi connectivity index (χ3n) is 2.55. The van der Waals surface area contributed by atoms with Gasteiger partial charge in [-0.15, -0.1) is 0 Å². The summed E-state index contributed by atoms with van der Waals surface area (Å²) in [7, 11) is 0. The average Bonchev–Trinajstić information content (AvgIpc) is 2.30. The SMILES string of the molecule is Cc1ccccc1OCc1ccc(O)cc1O. The fourth-order valence-corrected chi connectivity index (χ4v) is 1.55. The lowest BCUT2D eigenvalue weighted by Crippen LogP contribution is -1.97. The number of para-hydroxylation sites is 1. The Kier molecular flexibility index (Phi) is 3.19. The van der Waals surface area contributed by atoms with E-state index in [2.05, 4.69) is 0 Å². The Labute approximate surface area is 99.9 Å². The van der Waals surface area contributed by atoms with E-state index < -0.39 is 0 Å². The van der Waals surface area contributed by atoms with Gasteiger partial charge in [-0.3, -0.25) is 0 Å². The molecule has 0 amide bonds. The molecule has 88 valence electrons. The van der Waals surface area contributed by atoms with Gasteiger partial charge in [0.2, 0.25) is 0 Å². The van der Waals surface area contributed by atoms with Gasteiger partial charge in [-0.2, -0.15) is 0 Å². The molecule has 2 rings (SSSR count). The Bertz CT molecular complexity index is 521. The Hall–Kier alpha value is -2.16. The van der Waals surface area contributed by atoms with E-state index in [9.17, 15) is 5.11 Å². The van der Waals surface area contributed by atoms with Crippen LogP contribution in [-0.2, 0) is 6.61 Å². The van der Waals surface area contributed by atoms with Crippen LogP contribution in [0.25, 0.3) is 0 Å². The molecule has 3 heteroatoms. The molecular weight excluding hydrogens is 216 g/mol. The topological polar surface area (TPSA) is 49.7 Å². The first-order valence-corrected chi connectivity index (χ1v) is 5.36. The second-order valence-electron chi connectivity index (χ2n) is 3.87. The Balaban J connectivity index is 2.10. The molecule has 0 atom stereocenters. The minimum atomic E-state index is 0.0404. The number of aryl methyl sites for hydroxylation is 1. The molecule has 0 spiro atoms. The number of ether oxygens (including phenoxy) is 1. The zero-order valence-electron chi connectivity index (χ0n) is 9.55. The zero-order valence-corrected chi connectivity index (χ0v) is 9.55. The number of hydrogen-bond acceptors (Lipinski definition) is 3. The third kappa shape index (κ3) is 2.69. The maximum atomic E-state index is 9.60. The van der Waals surface area contributed by atoms with Gasteiger partial charge < -0.3 is 14.9 Å². The van der Waals surface area contributed by atoms with E-state index in [1.807, 2.05) is 31.2 Å². The van der Waals surface area contributed by atoms with Crippen molar-refractivity contribution in [3.05, 3.63) is 53.6 Å². The summed E-state index contributed by atoms with van der Waals surface area (Å²) in [6, 6.07) is 12.2. The molecule has 0 bridgehead atoms. The van der Waals surface area contributed by atoms with Gasteiger partial charge in [0.1, 0.15) is 23.9 Å². The van der Waals surface area contributed by atoms with E-state index in [4.69, 9.17) is 9.84 Å². The molecule has 2 N–H and O–H groups in total. The normalized spacial score (nSPS) is 10.2. The predicted octanol–water partition coefficient (Wildman–Crippen LogP) is 2.99. The van der Waals surface area contributed by atoms with Crippen LogP contribution in [0.2, 0.25) is 0 Å². The number of benzene rings is 2. The molecule has 0 saturated carbocycles. The van der Waals surface area contributed by atoms with Gasteiger partial charge in [0.15, 0.2) is 0 Å². The van der Waals surface area contributed by atoms with Crippen molar-refractivity contribution in [3.8, 4) is 17.2 Å². The molecule has 3 nitrogen and oxygen atoms in total. The standard InChI is InChI=1S/C14H14O3/c1-10-4-2-3-5-14(10)17-9-11-6-7-12(15)8-13(11)16/h2-8,15-16H,9H2,1H3. The zero-order chi connectivity index (χ0) is 12.3. The Morgan fingerprint density at radius 1 is 1.06 bits per heavy atom. The first-order chi connectivity index (χ1) is 8.16. The van der Waals surface area contributed by atoms with Crippen LogP contribution in [-0.4, -0.2) is 10.2 Å². The molecule has 0 aliphatic carbocycles. The lowest BCUT2D eigenvalue weighted by molar-refractivity contribution is 0.296. The summed E-state index contributed by atoms with van der Waals surface area (Å²) in [4.78, 5) is 0. The lowest BCUT2D eigenvalue weighted by atomic mass is 10.2. The highest BCUT2D eigenvalue weighted by Gasteiger charge is 2.04. The highest BCUT2D eigenvalue weighted by Crippen LogP contribution is 2.25. The highest BCUT2D eigenvalue weighted by molar-refractivity contribution is 5.39. The van der Waals surface area contributed by atoms with Crippen molar-refractivity contribution in [1.82, 2.24) is 0 Å². The van der Waals surface area contributed by atoms with Gasteiger partial charge in [0.25, 0.3) is 0 Å². The fraction of sp³-hybridized carbons (Fsp3) is 0.143. The molecule has 0 radical (unpaired) electrons. The fourth-order valence-electron chi connectivity index (χ4n) is 1.55. The van der Waals surface area contributed by atoms with Crippen molar-refractivity contribution in [2.24, 2.45) is 0 Å². The van der Waals surface area contributed by atoms with Crippen LogP contribution in [0.4, 0.5) is 0 Å². The van der Waals surface area contributed by atoms with E-state index in [1.54, 1.807) is 6.07 Å². The summed E-state index contributed by atoms with van der Waals surface area (Å²) in [5.74, 6) is 0.876. The second kappa shape index (κ2) is 4.78. The monoisotopic (exact) mass is 230 g/mol. The summed E-state index contributed by atoms with van der Waals surface area (Å²) in [5, 5.41) is 18.8. The summed E-state index contributed by atoms with van der Waals surface area (Å²) in [5.41, 5.74) is 1.69. The van der Waals surface area contributed by atoms with Crippen molar-refractivity contribution in [2.75, 3.05) is 0 Å². The van der Waals surface area contributed by atoms with Crippen molar-refractivity contribution < 1.29 is 14.9 Å². The Morgan fingerprint density at radius 2 is 1.82 bits per heavy atom. The smallest absolute Gasteiger partial charge is 0.125 e. The van der Waals surface area contributed by atoms with Crippen LogP contribution in [0.1, 0.15) is 11.1 Å². The quantitative estimate of drug-likeness (QED) is 0.852. The van der Waals surface area contributed by atoms with Crippen LogP contribution in [0.3, 0.4) is 0 Å². The number of hydrogen-bond donors (Lipinski definition) is 2. The highest BCUT2D eigenvalue weighted by atomic mass is 16.5. The molecule has 0 saturated heterocycles. The molecule has 2 aromatic carbocycles. The third-order valence-corrected chi connectivity index (χ3v) is 2.55. The molecule has 2 aromatic rings. The lowest BCUT2D eigenvalue weighted by Gasteiger charge is -2.10. The van der Waals surface area contributed by atoms with Crippen LogP contribution in [0.5, 0.6) is 17.2 Å². The van der Waals surface area contributed by atoms with Gasteiger partial charge in [0, 0.05) is 11.6 Å². The van der Waals surface area contributed by atoms with Crippen LogP contribution < -0.4 is 4.74 Å². The molecule has 0 aliphatic heterocycles. The van der Waals surface area contributed by atoms with Crippen molar-refractivity contribution in [3.63, 3.8) is 0 Å². The van der Waals surface area contributed by atoms with E-state index in [0.717, 1.165) is 11.3 Å². The molecular formula is C14H14O3. The average molecular weight is 230 g/mol. The Morgan fingerprint density at radius 3 is 2.53 bits per heavy atom. The van der Waals surface area contributed by atoms with Gasteiger partial charge in [-0.05, 0) is 30.7 Å². The molecule has 0 aliphatic rings. The van der Waals surface area contributed by atoms with Crippen LogP contribution >= 0.6 is 0 Å². The number of aromatic hydroxyl groups is 2. The van der Waals surface area contributed by atoms with Gasteiger partial charge in [-0.1, -0.05) is 18.2 Å². The number of rotatable bonds is 3. The maximum absolute atomic E-state index is 9.60. The second-order valence-corrected chi connectivity index (χ2v) is 3.87. The van der Waals surface area contributed by atoms with Gasteiger partial charge >= 0.3 is 0 Å². The number of phenolic OH excluding ortho intramolecular Hbond substituents is 2.